The molecule has 2 aliphatic rings. The van der Waals surface area contributed by atoms with Gasteiger partial charge in [-0.2, -0.15) is 0 Å². The van der Waals surface area contributed by atoms with Crippen molar-refractivity contribution in [3.8, 4) is 0 Å². The second-order valence-corrected chi connectivity index (χ2v) is 8.68. The molecular formula is C16H23N3O3S. The SMILES string of the molecule is CC(C(=O)N1CCc2ccc(S(=O)(=O)N(C)C)cc21)C1CNC1. The molecule has 0 saturated carbocycles. The standard InChI is InChI=1S/C16H23N3O3S/c1-11(13-9-17-10-13)16(20)19-7-6-12-4-5-14(8-15(12)19)23(21,22)18(2)3/h4-5,8,11,13,17H,6-7,9-10H2,1-3H3. The Morgan fingerprint density at radius 2 is 2.04 bits per heavy atom. The van der Waals surface area contributed by atoms with Crippen LogP contribution < -0.4 is 10.2 Å². The van der Waals surface area contributed by atoms with Crippen molar-refractivity contribution in [2.75, 3.05) is 38.6 Å². The number of rotatable bonds is 4. The highest BCUT2D eigenvalue weighted by atomic mass is 32.2. The van der Waals surface area contributed by atoms with E-state index in [1.54, 1.807) is 17.0 Å². The lowest BCUT2D eigenvalue weighted by Crippen LogP contribution is -2.50. The second-order valence-electron chi connectivity index (χ2n) is 6.52. The number of amides is 1. The van der Waals surface area contributed by atoms with Crippen LogP contribution in [0.5, 0.6) is 0 Å². The first-order chi connectivity index (χ1) is 10.8. The second kappa shape index (κ2) is 5.89. The molecule has 1 fully saturated rings. The number of carbonyl (C=O) groups excluding carboxylic acids is 1. The minimum absolute atomic E-state index is 0.0451. The molecule has 0 spiro atoms. The molecule has 6 nitrogen and oxygen atoms in total. The van der Waals surface area contributed by atoms with Crippen LogP contribution in [0.4, 0.5) is 5.69 Å². The molecule has 0 radical (unpaired) electrons. The summed E-state index contributed by atoms with van der Waals surface area (Å²) in [4.78, 5) is 14.8. The Balaban J connectivity index is 1.91. The van der Waals surface area contributed by atoms with Gasteiger partial charge in [-0.25, -0.2) is 12.7 Å². The van der Waals surface area contributed by atoms with E-state index in [9.17, 15) is 13.2 Å². The molecule has 2 aliphatic heterocycles. The van der Waals surface area contributed by atoms with E-state index in [1.807, 2.05) is 13.0 Å². The van der Waals surface area contributed by atoms with Crippen LogP contribution in [0.1, 0.15) is 12.5 Å². The summed E-state index contributed by atoms with van der Waals surface area (Å²) in [5, 5.41) is 3.19. The smallest absolute Gasteiger partial charge is 0.242 e. The van der Waals surface area contributed by atoms with E-state index < -0.39 is 10.0 Å². The van der Waals surface area contributed by atoms with Crippen molar-refractivity contribution in [3.63, 3.8) is 0 Å². The summed E-state index contributed by atoms with van der Waals surface area (Å²) in [5.74, 6) is 0.422. The van der Waals surface area contributed by atoms with Gasteiger partial charge in [0.15, 0.2) is 0 Å². The lowest BCUT2D eigenvalue weighted by molar-refractivity contribution is -0.123. The minimum Gasteiger partial charge on any atom is -0.316 e. The molecule has 0 bridgehead atoms. The van der Waals surface area contributed by atoms with Crippen LogP contribution in [-0.2, 0) is 21.2 Å². The van der Waals surface area contributed by atoms with Gasteiger partial charge < -0.3 is 10.2 Å². The molecule has 1 N–H and O–H groups in total. The van der Waals surface area contributed by atoms with Gasteiger partial charge in [-0.1, -0.05) is 13.0 Å². The molecule has 1 unspecified atom stereocenters. The number of anilines is 1. The quantitative estimate of drug-likeness (QED) is 0.877. The predicted molar refractivity (Wildman–Crippen MR) is 88.9 cm³/mol. The van der Waals surface area contributed by atoms with Gasteiger partial charge in [-0.15, -0.1) is 0 Å². The third-order valence-corrected chi connectivity index (χ3v) is 6.72. The number of hydrogen-bond acceptors (Lipinski definition) is 4. The normalized spacial score (nSPS) is 19.6. The van der Waals surface area contributed by atoms with E-state index in [0.717, 1.165) is 30.8 Å². The number of sulfonamides is 1. The van der Waals surface area contributed by atoms with E-state index in [-0.39, 0.29) is 16.7 Å². The van der Waals surface area contributed by atoms with Crippen LogP contribution in [0, 0.1) is 11.8 Å². The highest BCUT2D eigenvalue weighted by Gasteiger charge is 2.35. The molecule has 0 aliphatic carbocycles. The lowest BCUT2D eigenvalue weighted by Gasteiger charge is -2.34. The maximum absolute atomic E-state index is 12.8. The van der Waals surface area contributed by atoms with Gasteiger partial charge in [0.25, 0.3) is 0 Å². The van der Waals surface area contributed by atoms with E-state index in [0.29, 0.717) is 12.5 Å². The van der Waals surface area contributed by atoms with Gasteiger partial charge >= 0.3 is 0 Å². The zero-order chi connectivity index (χ0) is 16.8. The van der Waals surface area contributed by atoms with Gasteiger partial charge in [-0.05, 0) is 43.1 Å². The zero-order valence-electron chi connectivity index (χ0n) is 13.7. The van der Waals surface area contributed by atoms with Gasteiger partial charge in [0.05, 0.1) is 4.90 Å². The fourth-order valence-corrected chi connectivity index (χ4v) is 3.99. The van der Waals surface area contributed by atoms with Crippen LogP contribution in [0.15, 0.2) is 23.1 Å². The fraction of sp³-hybridized carbons (Fsp3) is 0.562. The molecule has 1 aromatic rings. The summed E-state index contributed by atoms with van der Waals surface area (Å²) in [5.41, 5.74) is 1.78. The van der Waals surface area contributed by atoms with Crippen LogP contribution in [0.25, 0.3) is 0 Å². The van der Waals surface area contributed by atoms with Gasteiger partial charge in [-0.3, -0.25) is 4.79 Å². The van der Waals surface area contributed by atoms with Gasteiger partial charge in [0, 0.05) is 32.2 Å². The largest absolute Gasteiger partial charge is 0.316 e. The molecule has 3 rings (SSSR count). The number of fused-ring (bicyclic) bond motifs is 1. The Hall–Kier alpha value is -1.44. The Kier molecular flexibility index (Phi) is 4.20. The molecule has 7 heteroatoms. The van der Waals surface area contributed by atoms with Crippen molar-refractivity contribution in [3.05, 3.63) is 23.8 Å². The number of nitrogens with one attached hydrogen (secondary N) is 1. The number of nitrogens with zero attached hydrogens (tertiary/aromatic N) is 2. The maximum atomic E-state index is 12.8. The molecule has 2 heterocycles. The van der Waals surface area contributed by atoms with Crippen molar-refractivity contribution in [2.24, 2.45) is 11.8 Å². The van der Waals surface area contributed by atoms with Crippen molar-refractivity contribution < 1.29 is 13.2 Å². The minimum atomic E-state index is -3.49. The van der Waals surface area contributed by atoms with Crippen LogP contribution in [0.2, 0.25) is 0 Å². The molecular weight excluding hydrogens is 314 g/mol. The highest BCUT2D eigenvalue weighted by molar-refractivity contribution is 7.89. The summed E-state index contributed by atoms with van der Waals surface area (Å²) in [6.07, 6.45) is 0.777. The van der Waals surface area contributed by atoms with Crippen LogP contribution in [0.3, 0.4) is 0 Å². The van der Waals surface area contributed by atoms with Crippen molar-refractivity contribution in [2.45, 2.75) is 18.2 Å². The monoisotopic (exact) mass is 337 g/mol. The Morgan fingerprint density at radius 3 is 2.61 bits per heavy atom. The molecule has 126 valence electrons. The molecule has 23 heavy (non-hydrogen) atoms. The van der Waals surface area contributed by atoms with Crippen molar-refractivity contribution in [1.29, 1.82) is 0 Å². The third-order valence-electron chi connectivity index (χ3n) is 4.91. The van der Waals surface area contributed by atoms with Gasteiger partial charge in [0.1, 0.15) is 0 Å². The van der Waals surface area contributed by atoms with E-state index in [4.69, 9.17) is 0 Å². The lowest BCUT2D eigenvalue weighted by atomic mass is 9.88. The predicted octanol–water partition coefficient (Wildman–Crippen LogP) is 0.681. The zero-order valence-corrected chi connectivity index (χ0v) is 14.6. The first-order valence-electron chi connectivity index (χ1n) is 7.90. The van der Waals surface area contributed by atoms with Crippen LogP contribution >= 0.6 is 0 Å². The Morgan fingerprint density at radius 1 is 1.35 bits per heavy atom. The number of carbonyl (C=O) groups is 1. The van der Waals surface area contributed by atoms with Crippen LogP contribution in [-0.4, -0.2) is 52.4 Å². The van der Waals surface area contributed by atoms with E-state index >= 15 is 0 Å². The Labute approximate surface area is 137 Å². The average Bonchev–Trinajstić information content (AvgIpc) is 2.87. The first-order valence-corrected chi connectivity index (χ1v) is 9.34. The van der Waals surface area contributed by atoms with E-state index in [2.05, 4.69) is 5.32 Å². The summed E-state index contributed by atoms with van der Waals surface area (Å²) >= 11 is 0. The topological polar surface area (TPSA) is 69.7 Å². The summed E-state index contributed by atoms with van der Waals surface area (Å²) in [6.45, 7) is 4.35. The van der Waals surface area contributed by atoms with E-state index in [1.165, 1.54) is 18.4 Å². The maximum Gasteiger partial charge on any atom is 0.242 e. The van der Waals surface area contributed by atoms with Crippen molar-refractivity contribution >= 4 is 21.6 Å². The third kappa shape index (κ3) is 2.77. The first kappa shape index (κ1) is 16.4. The summed E-state index contributed by atoms with van der Waals surface area (Å²) in [6, 6.07) is 5.09. The summed E-state index contributed by atoms with van der Waals surface area (Å²) in [7, 11) is -0.470. The van der Waals surface area contributed by atoms with Gasteiger partial charge in [0.2, 0.25) is 15.9 Å². The highest BCUT2D eigenvalue weighted by Crippen LogP contribution is 2.33. The molecule has 0 aromatic heterocycles. The number of hydrogen-bond donors (Lipinski definition) is 1. The van der Waals surface area contributed by atoms with Crippen molar-refractivity contribution in [1.82, 2.24) is 9.62 Å². The summed E-state index contributed by atoms with van der Waals surface area (Å²) < 4.78 is 25.8. The molecule has 1 saturated heterocycles. The fourth-order valence-electron chi connectivity index (χ4n) is 3.07. The average molecular weight is 337 g/mol. The molecule has 1 aromatic carbocycles. The molecule has 1 amide bonds. The Bertz CT molecular complexity index is 726. The molecule has 1 atom stereocenters. The number of benzene rings is 1.